The zero-order valence-electron chi connectivity index (χ0n) is 13.9. The minimum atomic E-state index is 0. The lowest BCUT2D eigenvalue weighted by molar-refractivity contribution is -0.140. The van der Waals surface area contributed by atoms with Crippen molar-refractivity contribution < 1.29 is 4.79 Å². The molecule has 1 heterocycles. The molecule has 1 aliphatic heterocycles. The Kier molecular flexibility index (Phi) is 4.76. The maximum Gasteiger partial charge on any atom is 0.223 e. The van der Waals surface area contributed by atoms with Gasteiger partial charge in [-0.05, 0) is 87.6 Å². The molecule has 5 rings (SSSR count). The van der Waals surface area contributed by atoms with E-state index in [0.717, 1.165) is 50.1 Å². The number of nitrogens with one attached hydrogen (secondary N) is 1. The van der Waals surface area contributed by atoms with Crippen LogP contribution < -0.4 is 5.32 Å². The number of halogens is 1. The topological polar surface area (TPSA) is 32.3 Å². The zero-order chi connectivity index (χ0) is 14.4. The van der Waals surface area contributed by atoms with E-state index in [9.17, 15) is 4.79 Å². The molecule has 0 unspecified atom stereocenters. The highest BCUT2D eigenvalue weighted by Crippen LogP contribution is 2.61. The van der Waals surface area contributed by atoms with Crippen molar-refractivity contribution in [1.82, 2.24) is 10.2 Å². The minimum Gasteiger partial charge on any atom is -0.343 e. The smallest absolute Gasteiger partial charge is 0.223 e. The van der Waals surface area contributed by atoms with Crippen LogP contribution in [-0.2, 0) is 4.79 Å². The maximum absolute atomic E-state index is 12.8. The highest BCUT2D eigenvalue weighted by atomic mass is 35.5. The van der Waals surface area contributed by atoms with Gasteiger partial charge in [0.1, 0.15) is 0 Å². The van der Waals surface area contributed by atoms with E-state index in [1.807, 2.05) is 0 Å². The number of hydrogen-bond acceptors (Lipinski definition) is 2. The first-order valence-electron chi connectivity index (χ1n) is 9.10. The van der Waals surface area contributed by atoms with Gasteiger partial charge in [0.05, 0.1) is 0 Å². The van der Waals surface area contributed by atoms with Gasteiger partial charge in [0.25, 0.3) is 0 Å². The molecule has 0 aromatic rings. The van der Waals surface area contributed by atoms with E-state index in [0.29, 0.717) is 17.4 Å². The zero-order valence-corrected chi connectivity index (χ0v) is 14.7. The molecule has 0 radical (unpaired) electrons. The molecule has 4 heteroatoms. The van der Waals surface area contributed by atoms with Crippen LogP contribution in [0, 0.1) is 23.2 Å². The molecule has 0 spiro atoms. The third kappa shape index (κ3) is 3.03. The molecule has 1 saturated heterocycles. The van der Waals surface area contributed by atoms with Gasteiger partial charge >= 0.3 is 0 Å². The molecule has 4 saturated carbocycles. The standard InChI is InChI=1S/C18H30N2O.ClH/c1-20(16-2-4-19-5-3-16)17(21)12-18-9-13-6-14(10-18)8-15(7-13)11-18;/h13-16,19H,2-12H2,1H3;1H. The summed E-state index contributed by atoms with van der Waals surface area (Å²) in [5, 5.41) is 3.40. The molecular formula is C18H31ClN2O. The monoisotopic (exact) mass is 326 g/mol. The van der Waals surface area contributed by atoms with Gasteiger partial charge in [-0.1, -0.05) is 0 Å². The van der Waals surface area contributed by atoms with Crippen molar-refractivity contribution in [2.24, 2.45) is 23.2 Å². The van der Waals surface area contributed by atoms with Crippen molar-refractivity contribution in [1.29, 1.82) is 0 Å². The van der Waals surface area contributed by atoms with Crippen LogP contribution in [-0.4, -0.2) is 37.0 Å². The Balaban J connectivity index is 0.00000144. The number of carbonyl (C=O) groups is 1. The SMILES string of the molecule is CN(C(=O)CC12CC3CC(CC(C3)C1)C2)C1CCNCC1.Cl. The van der Waals surface area contributed by atoms with E-state index in [1.165, 1.54) is 38.5 Å². The molecule has 5 aliphatic rings. The second-order valence-corrected chi connectivity index (χ2v) is 8.58. The van der Waals surface area contributed by atoms with Gasteiger partial charge < -0.3 is 10.2 Å². The fourth-order valence-corrected chi connectivity index (χ4v) is 6.35. The average Bonchev–Trinajstić information content (AvgIpc) is 2.45. The van der Waals surface area contributed by atoms with Gasteiger partial charge in [-0.2, -0.15) is 0 Å². The predicted octanol–water partition coefficient (Wildman–Crippen LogP) is 3.23. The summed E-state index contributed by atoms with van der Waals surface area (Å²) in [5.41, 5.74) is 0.396. The Morgan fingerprint density at radius 1 is 1.05 bits per heavy atom. The van der Waals surface area contributed by atoms with Gasteiger partial charge in [-0.15, -0.1) is 12.4 Å². The van der Waals surface area contributed by atoms with E-state index < -0.39 is 0 Å². The van der Waals surface area contributed by atoms with Crippen LogP contribution in [0.15, 0.2) is 0 Å². The van der Waals surface area contributed by atoms with Crippen LogP contribution in [0.3, 0.4) is 0 Å². The lowest BCUT2D eigenvalue weighted by Gasteiger charge is -2.57. The number of rotatable bonds is 3. The number of piperidine rings is 1. The van der Waals surface area contributed by atoms with E-state index >= 15 is 0 Å². The van der Waals surface area contributed by atoms with Crippen molar-refractivity contribution in [3.8, 4) is 0 Å². The Bertz CT molecular complexity index is 384. The van der Waals surface area contributed by atoms with Crippen LogP contribution in [0.4, 0.5) is 0 Å². The molecule has 0 aromatic heterocycles. The molecular weight excluding hydrogens is 296 g/mol. The maximum atomic E-state index is 12.8. The molecule has 1 amide bonds. The summed E-state index contributed by atoms with van der Waals surface area (Å²) in [6.07, 6.45) is 11.6. The highest BCUT2D eigenvalue weighted by Gasteiger charge is 2.51. The second kappa shape index (κ2) is 6.32. The fourth-order valence-electron chi connectivity index (χ4n) is 6.35. The number of amides is 1. The van der Waals surface area contributed by atoms with Gasteiger partial charge in [-0.25, -0.2) is 0 Å². The van der Waals surface area contributed by atoms with Crippen molar-refractivity contribution >= 4 is 18.3 Å². The van der Waals surface area contributed by atoms with Crippen LogP contribution in [0.2, 0.25) is 0 Å². The Labute approximate surface area is 141 Å². The summed E-state index contributed by atoms with van der Waals surface area (Å²) in [7, 11) is 2.05. The van der Waals surface area contributed by atoms with Gasteiger partial charge in [0.15, 0.2) is 0 Å². The lowest BCUT2D eigenvalue weighted by atomic mass is 9.49. The first kappa shape index (κ1) is 16.6. The number of carbonyl (C=O) groups excluding carboxylic acids is 1. The molecule has 3 nitrogen and oxygen atoms in total. The Hall–Kier alpha value is -0.280. The van der Waals surface area contributed by atoms with Crippen molar-refractivity contribution in [3.05, 3.63) is 0 Å². The third-order valence-electron chi connectivity index (χ3n) is 6.94. The Morgan fingerprint density at radius 3 is 2.05 bits per heavy atom. The van der Waals surface area contributed by atoms with Crippen LogP contribution in [0.25, 0.3) is 0 Å². The summed E-state index contributed by atoms with van der Waals surface area (Å²) in [6.45, 7) is 2.14. The van der Waals surface area contributed by atoms with E-state index in [-0.39, 0.29) is 12.4 Å². The molecule has 1 N–H and O–H groups in total. The first-order chi connectivity index (χ1) is 10.1. The van der Waals surface area contributed by atoms with E-state index in [1.54, 1.807) is 0 Å². The van der Waals surface area contributed by atoms with Gasteiger partial charge in [0, 0.05) is 19.5 Å². The molecule has 5 fully saturated rings. The van der Waals surface area contributed by atoms with Crippen molar-refractivity contribution in [2.45, 2.75) is 63.8 Å². The quantitative estimate of drug-likeness (QED) is 0.863. The van der Waals surface area contributed by atoms with Crippen molar-refractivity contribution in [3.63, 3.8) is 0 Å². The minimum absolute atomic E-state index is 0. The second-order valence-electron chi connectivity index (χ2n) is 8.58. The van der Waals surface area contributed by atoms with Gasteiger partial charge in [-0.3, -0.25) is 4.79 Å². The van der Waals surface area contributed by atoms with E-state index in [4.69, 9.17) is 0 Å². The Morgan fingerprint density at radius 2 is 1.55 bits per heavy atom. The summed E-state index contributed by atoms with van der Waals surface area (Å²) >= 11 is 0. The highest BCUT2D eigenvalue weighted by molar-refractivity contribution is 5.85. The summed E-state index contributed by atoms with van der Waals surface area (Å²) in [4.78, 5) is 14.9. The predicted molar refractivity (Wildman–Crippen MR) is 91.1 cm³/mol. The fraction of sp³-hybridized carbons (Fsp3) is 0.944. The number of hydrogen-bond donors (Lipinski definition) is 1. The molecule has 4 bridgehead atoms. The lowest BCUT2D eigenvalue weighted by Crippen LogP contribution is -2.50. The van der Waals surface area contributed by atoms with Crippen molar-refractivity contribution in [2.75, 3.05) is 20.1 Å². The molecule has 22 heavy (non-hydrogen) atoms. The molecule has 126 valence electrons. The molecule has 0 atom stereocenters. The summed E-state index contributed by atoms with van der Waals surface area (Å²) in [6, 6.07) is 0.479. The van der Waals surface area contributed by atoms with E-state index in [2.05, 4.69) is 17.3 Å². The molecule has 4 aliphatic carbocycles. The summed E-state index contributed by atoms with van der Waals surface area (Å²) in [5.74, 6) is 3.29. The largest absolute Gasteiger partial charge is 0.343 e. The van der Waals surface area contributed by atoms with Gasteiger partial charge in [0.2, 0.25) is 5.91 Å². The third-order valence-corrected chi connectivity index (χ3v) is 6.94. The van der Waals surface area contributed by atoms with Crippen LogP contribution in [0.1, 0.15) is 57.8 Å². The van der Waals surface area contributed by atoms with Crippen LogP contribution in [0.5, 0.6) is 0 Å². The first-order valence-corrected chi connectivity index (χ1v) is 9.10. The average molecular weight is 327 g/mol. The molecule has 0 aromatic carbocycles. The van der Waals surface area contributed by atoms with Crippen LogP contribution >= 0.6 is 12.4 Å². The number of nitrogens with zero attached hydrogens (tertiary/aromatic N) is 1. The normalized spacial score (nSPS) is 40.3. The summed E-state index contributed by atoms with van der Waals surface area (Å²) < 4.78 is 0.